The first-order valence-corrected chi connectivity index (χ1v) is 11.2. The van der Waals surface area contributed by atoms with Crippen LogP contribution in [-0.2, 0) is 11.3 Å². The zero-order chi connectivity index (χ0) is 22.0. The fraction of sp³-hybridized carbons (Fsp3) is 0.348. The fourth-order valence-corrected chi connectivity index (χ4v) is 4.41. The van der Waals surface area contributed by atoms with E-state index in [2.05, 4.69) is 5.32 Å². The highest BCUT2D eigenvalue weighted by atomic mass is 32.2. The standard InChI is InChI=1S/C23H25N3O4S/c1-4-14(2)26-22(28)17-7-5-6-8-18(17)25-23(26)31-15(3)21(27)24-12-16-9-10-19-20(11-16)30-13-29-19/h5-11,14-15H,4,12-13H2,1-3H3,(H,24,27)/t14-,15-/m0/s1. The van der Waals surface area contributed by atoms with Gasteiger partial charge < -0.3 is 14.8 Å². The number of fused-ring (bicyclic) bond motifs is 2. The third kappa shape index (κ3) is 4.39. The van der Waals surface area contributed by atoms with Gasteiger partial charge in [0.15, 0.2) is 16.7 Å². The summed E-state index contributed by atoms with van der Waals surface area (Å²) in [6.45, 7) is 6.44. The number of benzene rings is 2. The molecule has 2 atom stereocenters. The highest BCUT2D eigenvalue weighted by Crippen LogP contribution is 2.32. The maximum Gasteiger partial charge on any atom is 0.262 e. The predicted molar refractivity (Wildman–Crippen MR) is 121 cm³/mol. The molecule has 0 saturated heterocycles. The molecule has 0 unspecified atom stereocenters. The Labute approximate surface area is 184 Å². The molecule has 0 spiro atoms. The number of ether oxygens (including phenoxy) is 2. The summed E-state index contributed by atoms with van der Waals surface area (Å²) in [6.07, 6.45) is 0.790. The lowest BCUT2D eigenvalue weighted by molar-refractivity contribution is -0.120. The van der Waals surface area contributed by atoms with E-state index in [1.807, 2.05) is 57.2 Å². The fourth-order valence-electron chi connectivity index (χ4n) is 3.38. The Hall–Kier alpha value is -3.00. The lowest BCUT2D eigenvalue weighted by Crippen LogP contribution is -2.32. The van der Waals surface area contributed by atoms with E-state index in [0.717, 1.165) is 12.0 Å². The summed E-state index contributed by atoms with van der Waals surface area (Å²) < 4.78 is 12.4. The van der Waals surface area contributed by atoms with Gasteiger partial charge in [-0.2, -0.15) is 0 Å². The topological polar surface area (TPSA) is 82.5 Å². The average Bonchev–Trinajstić information content (AvgIpc) is 3.25. The molecular weight excluding hydrogens is 414 g/mol. The number of para-hydroxylation sites is 1. The SMILES string of the molecule is CC[C@H](C)n1c(S[C@@H](C)C(=O)NCc2ccc3c(c2)OCO3)nc2ccccc2c1=O. The van der Waals surface area contributed by atoms with Gasteiger partial charge in [0.2, 0.25) is 12.7 Å². The number of aromatic nitrogens is 2. The van der Waals surface area contributed by atoms with Crippen molar-refractivity contribution in [2.75, 3.05) is 6.79 Å². The van der Waals surface area contributed by atoms with Gasteiger partial charge in [-0.05, 0) is 50.1 Å². The van der Waals surface area contributed by atoms with Crippen molar-refractivity contribution in [2.24, 2.45) is 0 Å². The molecule has 0 aliphatic carbocycles. The molecular formula is C23H25N3O4S. The highest BCUT2D eigenvalue weighted by Gasteiger charge is 2.21. The summed E-state index contributed by atoms with van der Waals surface area (Å²) >= 11 is 1.30. The molecule has 1 aliphatic heterocycles. The van der Waals surface area contributed by atoms with Gasteiger partial charge in [0.05, 0.1) is 16.2 Å². The number of nitrogens with one attached hydrogen (secondary N) is 1. The van der Waals surface area contributed by atoms with Crippen LogP contribution in [0.25, 0.3) is 10.9 Å². The molecule has 4 rings (SSSR count). The molecule has 0 bridgehead atoms. The van der Waals surface area contributed by atoms with Gasteiger partial charge >= 0.3 is 0 Å². The van der Waals surface area contributed by atoms with Gasteiger partial charge in [-0.25, -0.2) is 4.98 Å². The second-order valence-electron chi connectivity index (χ2n) is 7.51. The quantitative estimate of drug-likeness (QED) is 0.444. The lowest BCUT2D eigenvalue weighted by atomic mass is 10.2. The van der Waals surface area contributed by atoms with Crippen molar-refractivity contribution in [1.82, 2.24) is 14.9 Å². The van der Waals surface area contributed by atoms with Crippen molar-refractivity contribution >= 4 is 28.6 Å². The molecule has 1 aliphatic rings. The monoisotopic (exact) mass is 439 g/mol. The Morgan fingerprint density at radius 1 is 1.19 bits per heavy atom. The number of carbonyl (C=O) groups excluding carboxylic acids is 1. The maximum absolute atomic E-state index is 13.1. The van der Waals surface area contributed by atoms with Crippen LogP contribution in [0.1, 0.15) is 38.8 Å². The number of nitrogens with zero attached hydrogens (tertiary/aromatic N) is 2. The third-order valence-electron chi connectivity index (χ3n) is 5.36. The van der Waals surface area contributed by atoms with E-state index < -0.39 is 5.25 Å². The number of rotatable bonds is 7. The smallest absolute Gasteiger partial charge is 0.262 e. The van der Waals surface area contributed by atoms with E-state index in [1.165, 1.54) is 11.8 Å². The minimum atomic E-state index is -0.419. The van der Waals surface area contributed by atoms with Crippen LogP contribution in [0.4, 0.5) is 0 Å². The molecule has 7 nitrogen and oxygen atoms in total. The van der Waals surface area contributed by atoms with E-state index in [1.54, 1.807) is 10.6 Å². The van der Waals surface area contributed by atoms with Crippen LogP contribution in [-0.4, -0.2) is 27.5 Å². The first kappa shape index (κ1) is 21.2. The molecule has 2 heterocycles. The van der Waals surface area contributed by atoms with Gasteiger partial charge in [0, 0.05) is 12.6 Å². The molecule has 1 N–H and O–H groups in total. The first-order valence-electron chi connectivity index (χ1n) is 10.3. The number of carbonyl (C=O) groups is 1. The van der Waals surface area contributed by atoms with Crippen LogP contribution >= 0.6 is 11.8 Å². The zero-order valence-corrected chi connectivity index (χ0v) is 18.6. The Morgan fingerprint density at radius 3 is 2.77 bits per heavy atom. The van der Waals surface area contributed by atoms with E-state index >= 15 is 0 Å². The molecule has 162 valence electrons. The Kier molecular flexibility index (Phi) is 6.18. The molecule has 0 fully saturated rings. The summed E-state index contributed by atoms with van der Waals surface area (Å²) in [5, 5.41) is 3.68. The normalized spacial score (nSPS) is 14.4. The van der Waals surface area contributed by atoms with Crippen LogP contribution in [0.5, 0.6) is 11.5 Å². The van der Waals surface area contributed by atoms with Crippen molar-refractivity contribution in [1.29, 1.82) is 0 Å². The van der Waals surface area contributed by atoms with Gasteiger partial charge in [-0.15, -0.1) is 0 Å². The van der Waals surface area contributed by atoms with E-state index in [-0.39, 0.29) is 24.3 Å². The highest BCUT2D eigenvalue weighted by molar-refractivity contribution is 8.00. The van der Waals surface area contributed by atoms with Gasteiger partial charge in [-0.1, -0.05) is 36.9 Å². The molecule has 3 aromatic rings. The van der Waals surface area contributed by atoms with Crippen LogP contribution < -0.4 is 20.3 Å². The largest absolute Gasteiger partial charge is 0.454 e. The first-order chi connectivity index (χ1) is 15.0. The van der Waals surface area contributed by atoms with Crippen molar-refractivity contribution < 1.29 is 14.3 Å². The van der Waals surface area contributed by atoms with Crippen LogP contribution in [0.3, 0.4) is 0 Å². The van der Waals surface area contributed by atoms with Crippen molar-refractivity contribution in [2.45, 2.75) is 50.2 Å². The molecule has 0 saturated carbocycles. The molecule has 1 amide bonds. The Balaban J connectivity index is 1.51. The number of hydrogen-bond donors (Lipinski definition) is 1. The van der Waals surface area contributed by atoms with E-state index in [0.29, 0.717) is 34.1 Å². The maximum atomic E-state index is 13.1. The Morgan fingerprint density at radius 2 is 1.97 bits per heavy atom. The summed E-state index contributed by atoms with van der Waals surface area (Å²) in [6, 6.07) is 12.9. The van der Waals surface area contributed by atoms with Crippen molar-refractivity contribution in [3.63, 3.8) is 0 Å². The van der Waals surface area contributed by atoms with Crippen molar-refractivity contribution in [3.8, 4) is 11.5 Å². The molecule has 1 aromatic heterocycles. The van der Waals surface area contributed by atoms with Gasteiger partial charge in [-0.3, -0.25) is 14.2 Å². The van der Waals surface area contributed by atoms with Gasteiger partial charge in [0.1, 0.15) is 0 Å². The molecule has 8 heteroatoms. The zero-order valence-electron chi connectivity index (χ0n) is 17.8. The summed E-state index contributed by atoms with van der Waals surface area (Å²) in [7, 11) is 0. The third-order valence-corrected chi connectivity index (χ3v) is 6.43. The van der Waals surface area contributed by atoms with E-state index in [9.17, 15) is 9.59 Å². The van der Waals surface area contributed by atoms with Crippen molar-refractivity contribution in [3.05, 3.63) is 58.4 Å². The van der Waals surface area contributed by atoms with Gasteiger partial charge in [0.25, 0.3) is 5.56 Å². The van der Waals surface area contributed by atoms with Crippen LogP contribution in [0, 0.1) is 0 Å². The minimum Gasteiger partial charge on any atom is -0.454 e. The predicted octanol–water partition coefficient (Wildman–Crippen LogP) is 3.89. The van der Waals surface area contributed by atoms with Crippen LogP contribution in [0.15, 0.2) is 52.4 Å². The molecule has 31 heavy (non-hydrogen) atoms. The summed E-state index contributed by atoms with van der Waals surface area (Å²) in [4.78, 5) is 30.5. The summed E-state index contributed by atoms with van der Waals surface area (Å²) in [5.74, 6) is 1.28. The van der Waals surface area contributed by atoms with Crippen LogP contribution in [0.2, 0.25) is 0 Å². The molecule has 2 aromatic carbocycles. The Bertz CT molecular complexity index is 1180. The molecule has 0 radical (unpaired) electrons. The number of hydrogen-bond acceptors (Lipinski definition) is 6. The number of amides is 1. The van der Waals surface area contributed by atoms with E-state index in [4.69, 9.17) is 14.5 Å². The number of thioether (sulfide) groups is 1. The summed E-state index contributed by atoms with van der Waals surface area (Å²) in [5.41, 5.74) is 1.49. The second-order valence-corrected chi connectivity index (χ2v) is 8.82. The minimum absolute atomic E-state index is 0.0176. The second kappa shape index (κ2) is 9.01. The lowest BCUT2D eigenvalue weighted by Gasteiger charge is -2.20. The average molecular weight is 440 g/mol.